The Hall–Kier alpha value is -1.13. The highest BCUT2D eigenvalue weighted by atomic mass is 16.5. The number of ether oxygens (including phenoxy) is 2. The van der Waals surface area contributed by atoms with E-state index in [1.165, 1.54) is 12.8 Å². The molecule has 1 aromatic rings. The Balaban J connectivity index is 1.85. The summed E-state index contributed by atoms with van der Waals surface area (Å²) in [4.78, 5) is 4.45. The number of nitrogens with zero attached hydrogens (tertiary/aromatic N) is 1. The predicted molar refractivity (Wildman–Crippen MR) is 66.1 cm³/mol. The standard InChI is InChI=1S/C13H20N2O2/c1-10(9-16-2)17-13-5-3-4-12(15-13)8-14-11-6-7-11/h3-5,10-11,14H,6-9H2,1-2H3. The molecular weight excluding hydrogens is 216 g/mol. The quantitative estimate of drug-likeness (QED) is 0.783. The zero-order valence-corrected chi connectivity index (χ0v) is 10.5. The van der Waals surface area contributed by atoms with E-state index in [4.69, 9.17) is 9.47 Å². The molecule has 2 rings (SSSR count). The molecule has 1 heterocycles. The molecule has 0 aliphatic heterocycles. The lowest BCUT2D eigenvalue weighted by Gasteiger charge is -2.13. The number of methoxy groups -OCH3 is 1. The van der Waals surface area contributed by atoms with E-state index < -0.39 is 0 Å². The van der Waals surface area contributed by atoms with E-state index in [-0.39, 0.29) is 6.10 Å². The number of hydrogen-bond acceptors (Lipinski definition) is 4. The van der Waals surface area contributed by atoms with Crippen LogP contribution in [0.1, 0.15) is 25.5 Å². The molecule has 1 saturated carbocycles. The third-order valence-electron chi connectivity index (χ3n) is 2.65. The SMILES string of the molecule is COCC(C)Oc1cccc(CNC2CC2)n1. The fourth-order valence-electron chi connectivity index (χ4n) is 1.63. The monoisotopic (exact) mass is 236 g/mol. The Morgan fingerprint density at radius 2 is 2.29 bits per heavy atom. The van der Waals surface area contributed by atoms with E-state index in [1.807, 2.05) is 25.1 Å². The maximum absolute atomic E-state index is 5.65. The lowest BCUT2D eigenvalue weighted by atomic mass is 10.3. The van der Waals surface area contributed by atoms with E-state index in [2.05, 4.69) is 10.3 Å². The fraction of sp³-hybridized carbons (Fsp3) is 0.615. The molecule has 0 bridgehead atoms. The van der Waals surface area contributed by atoms with Crippen molar-refractivity contribution in [3.05, 3.63) is 23.9 Å². The second-order valence-corrected chi connectivity index (χ2v) is 4.51. The van der Waals surface area contributed by atoms with Crippen molar-refractivity contribution in [2.75, 3.05) is 13.7 Å². The van der Waals surface area contributed by atoms with Gasteiger partial charge in [-0.3, -0.25) is 0 Å². The summed E-state index contributed by atoms with van der Waals surface area (Å²) in [6.45, 7) is 3.37. The minimum Gasteiger partial charge on any atom is -0.472 e. The molecule has 0 spiro atoms. The summed E-state index contributed by atoms with van der Waals surface area (Å²) in [5.41, 5.74) is 1.03. The van der Waals surface area contributed by atoms with Crippen molar-refractivity contribution < 1.29 is 9.47 Å². The average Bonchev–Trinajstić information content (AvgIpc) is 3.11. The van der Waals surface area contributed by atoms with Crippen molar-refractivity contribution in [3.63, 3.8) is 0 Å². The normalized spacial score (nSPS) is 16.8. The average molecular weight is 236 g/mol. The molecule has 1 N–H and O–H groups in total. The van der Waals surface area contributed by atoms with Crippen LogP contribution in [0.25, 0.3) is 0 Å². The van der Waals surface area contributed by atoms with Gasteiger partial charge in [-0.15, -0.1) is 0 Å². The van der Waals surface area contributed by atoms with Crippen molar-refractivity contribution >= 4 is 0 Å². The summed E-state index contributed by atoms with van der Waals surface area (Å²) in [6, 6.07) is 6.58. The minimum absolute atomic E-state index is 0.0270. The molecule has 0 aromatic carbocycles. The third kappa shape index (κ3) is 4.32. The molecule has 0 saturated heterocycles. The topological polar surface area (TPSA) is 43.4 Å². The first-order valence-electron chi connectivity index (χ1n) is 6.13. The second kappa shape index (κ2) is 5.98. The zero-order chi connectivity index (χ0) is 12.1. The number of aromatic nitrogens is 1. The zero-order valence-electron chi connectivity index (χ0n) is 10.5. The summed E-state index contributed by atoms with van der Waals surface area (Å²) in [6.07, 6.45) is 2.61. The molecule has 1 aliphatic carbocycles. The number of pyridine rings is 1. The summed E-state index contributed by atoms with van der Waals surface area (Å²) in [5.74, 6) is 0.671. The maximum atomic E-state index is 5.65. The van der Waals surface area contributed by atoms with Gasteiger partial charge in [-0.25, -0.2) is 4.98 Å². The molecule has 4 heteroatoms. The summed E-state index contributed by atoms with van der Waals surface area (Å²) in [5, 5.41) is 3.44. The number of rotatable bonds is 7. The molecule has 94 valence electrons. The Labute approximate surface area is 102 Å². The second-order valence-electron chi connectivity index (χ2n) is 4.51. The molecule has 0 amide bonds. The van der Waals surface area contributed by atoms with Crippen molar-refractivity contribution in [3.8, 4) is 5.88 Å². The Bertz CT molecular complexity index is 353. The van der Waals surface area contributed by atoms with Gasteiger partial charge in [-0.05, 0) is 25.8 Å². The van der Waals surface area contributed by atoms with Gasteiger partial charge in [0, 0.05) is 25.8 Å². The molecule has 1 fully saturated rings. The van der Waals surface area contributed by atoms with Crippen LogP contribution in [0, 0.1) is 0 Å². The van der Waals surface area contributed by atoms with E-state index in [0.29, 0.717) is 18.5 Å². The van der Waals surface area contributed by atoms with Gasteiger partial charge in [0.25, 0.3) is 0 Å². The Kier molecular flexibility index (Phi) is 4.34. The third-order valence-corrected chi connectivity index (χ3v) is 2.65. The molecule has 1 aliphatic rings. The Morgan fingerprint density at radius 1 is 1.47 bits per heavy atom. The highest BCUT2D eigenvalue weighted by Crippen LogP contribution is 2.19. The van der Waals surface area contributed by atoms with Gasteiger partial charge in [0.15, 0.2) is 0 Å². The summed E-state index contributed by atoms with van der Waals surface area (Å²) < 4.78 is 10.7. The van der Waals surface area contributed by atoms with Crippen LogP contribution in [0.15, 0.2) is 18.2 Å². The van der Waals surface area contributed by atoms with E-state index >= 15 is 0 Å². The van der Waals surface area contributed by atoms with Crippen molar-refractivity contribution in [1.29, 1.82) is 0 Å². The van der Waals surface area contributed by atoms with Gasteiger partial charge >= 0.3 is 0 Å². The van der Waals surface area contributed by atoms with Gasteiger partial charge in [0.1, 0.15) is 6.10 Å². The summed E-state index contributed by atoms with van der Waals surface area (Å²) in [7, 11) is 1.67. The predicted octanol–water partition coefficient (Wildman–Crippen LogP) is 1.75. The first-order chi connectivity index (χ1) is 8.28. The molecule has 17 heavy (non-hydrogen) atoms. The van der Waals surface area contributed by atoms with Crippen LogP contribution in [0.2, 0.25) is 0 Å². The molecule has 4 nitrogen and oxygen atoms in total. The van der Waals surface area contributed by atoms with Crippen LogP contribution >= 0.6 is 0 Å². The van der Waals surface area contributed by atoms with Crippen LogP contribution in [0.5, 0.6) is 5.88 Å². The van der Waals surface area contributed by atoms with Gasteiger partial charge in [0.05, 0.1) is 12.3 Å². The smallest absolute Gasteiger partial charge is 0.213 e. The summed E-state index contributed by atoms with van der Waals surface area (Å²) >= 11 is 0. The van der Waals surface area contributed by atoms with Gasteiger partial charge in [-0.2, -0.15) is 0 Å². The van der Waals surface area contributed by atoms with Gasteiger partial charge < -0.3 is 14.8 Å². The van der Waals surface area contributed by atoms with E-state index in [1.54, 1.807) is 7.11 Å². The van der Waals surface area contributed by atoms with Crippen molar-refractivity contribution in [1.82, 2.24) is 10.3 Å². The highest BCUT2D eigenvalue weighted by Gasteiger charge is 2.20. The molecule has 0 radical (unpaired) electrons. The lowest BCUT2D eigenvalue weighted by Crippen LogP contribution is -2.20. The van der Waals surface area contributed by atoms with Crippen LogP contribution in [0.3, 0.4) is 0 Å². The van der Waals surface area contributed by atoms with Crippen molar-refractivity contribution in [2.45, 2.75) is 38.5 Å². The van der Waals surface area contributed by atoms with Crippen LogP contribution < -0.4 is 10.1 Å². The number of nitrogens with one attached hydrogen (secondary N) is 1. The van der Waals surface area contributed by atoms with E-state index in [9.17, 15) is 0 Å². The van der Waals surface area contributed by atoms with E-state index in [0.717, 1.165) is 12.2 Å². The fourth-order valence-corrected chi connectivity index (χ4v) is 1.63. The minimum atomic E-state index is 0.0270. The van der Waals surface area contributed by atoms with Crippen LogP contribution in [-0.2, 0) is 11.3 Å². The van der Waals surface area contributed by atoms with Gasteiger partial charge in [0.2, 0.25) is 5.88 Å². The molecule has 1 unspecified atom stereocenters. The van der Waals surface area contributed by atoms with Gasteiger partial charge in [-0.1, -0.05) is 6.07 Å². The molecule has 1 atom stereocenters. The number of hydrogen-bond donors (Lipinski definition) is 1. The Morgan fingerprint density at radius 3 is 3.00 bits per heavy atom. The maximum Gasteiger partial charge on any atom is 0.213 e. The van der Waals surface area contributed by atoms with Crippen molar-refractivity contribution in [2.24, 2.45) is 0 Å². The largest absolute Gasteiger partial charge is 0.472 e. The molecule has 1 aromatic heterocycles. The van der Waals surface area contributed by atoms with Crippen LogP contribution in [0.4, 0.5) is 0 Å². The first-order valence-corrected chi connectivity index (χ1v) is 6.13. The lowest BCUT2D eigenvalue weighted by molar-refractivity contribution is 0.0888. The highest BCUT2D eigenvalue weighted by molar-refractivity contribution is 5.16. The van der Waals surface area contributed by atoms with Crippen LogP contribution in [-0.4, -0.2) is 30.8 Å². The first kappa shape index (κ1) is 12.3. The molecular formula is C13H20N2O2.